The minimum Gasteiger partial charge on any atom is -0.456 e. The number of anilines is 3. The third kappa shape index (κ3) is 4.04. The number of hydrogen-bond acceptors (Lipinski definition) is 7. The standard InChI is InChI=1S/C26H24N6O3S/c1-15-12-17(35-18-5-3-10-28-14-18)6-7-19(15)32-20-8-11-29-25-21(20)22(31-26(32)34)23(36-25)24(33)30-16-4-2-9-27-13-16/h3,5-8,10-12,14,16,27H,2,4,9,13H2,1H3,(H,30,33)(H,31,34)/t16-/m1/s1. The first-order valence-electron chi connectivity index (χ1n) is 11.8. The van der Waals surface area contributed by atoms with Gasteiger partial charge in [-0.15, -0.1) is 11.3 Å². The maximum atomic E-state index is 13.4. The molecule has 10 heteroatoms. The number of nitrogens with zero attached hydrogens (tertiary/aromatic N) is 3. The maximum Gasteiger partial charge on any atom is 0.331 e. The Morgan fingerprint density at radius 2 is 2.11 bits per heavy atom. The summed E-state index contributed by atoms with van der Waals surface area (Å²) in [5.41, 5.74) is 2.79. The summed E-state index contributed by atoms with van der Waals surface area (Å²) in [6.07, 6.45) is 6.96. The predicted octanol–water partition coefficient (Wildman–Crippen LogP) is 4.96. The summed E-state index contributed by atoms with van der Waals surface area (Å²) in [7, 11) is 0. The molecule has 3 amide bonds. The number of carbonyl (C=O) groups excluding carboxylic acids is 2. The molecule has 4 aromatic rings. The van der Waals surface area contributed by atoms with Gasteiger partial charge in [0, 0.05) is 25.0 Å². The van der Waals surface area contributed by atoms with Crippen LogP contribution in [0.5, 0.6) is 11.5 Å². The van der Waals surface area contributed by atoms with Crippen LogP contribution in [0.25, 0.3) is 10.2 Å². The van der Waals surface area contributed by atoms with Crippen molar-refractivity contribution in [2.75, 3.05) is 23.3 Å². The van der Waals surface area contributed by atoms with E-state index < -0.39 is 0 Å². The number of urea groups is 1. The number of hydrogen-bond donors (Lipinski definition) is 3. The fraction of sp³-hybridized carbons (Fsp3) is 0.231. The Bertz CT molecular complexity index is 1470. The van der Waals surface area contributed by atoms with Crippen LogP contribution in [0, 0.1) is 6.92 Å². The van der Waals surface area contributed by atoms with Gasteiger partial charge >= 0.3 is 6.03 Å². The molecule has 2 aliphatic rings. The Labute approximate surface area is 211 Å². The molecule has 1 aromatic carbocycles. The lowest BCUT2D eigenvalue weighted by atomic mass is 10.1. The topological polar surface area (TPSA) is 108 Å². The molecule has 3 aromatic heterocycles. The van der Waals surface area contributed by atoms with Crippen molar-refractivity contribution in [2.24, 2.45) is 0 Å². The Balaban J connectivity index is 1.34. The molecule has 2 aliphatic heterocycles. The summed E-state index contributed by atoms with van der Waals surface area (Å²) >= 11 is 1.30. The van der Waals surface area contributed by atoms with Crippen molar-refractivity contribution in [2.45, 2.75) is 25.8 Å². The summed E-state index contributed by atoms with van der Waals surface area (Å²) in [5, 5.41) is 10.1. The zero-order valence-electron chi connectivity index (χ0n) is 19.6. The van der Waals surface area contributed by atoms with Gasteiger partial charge in [0.05, 0.1) is 28.6 Å². The molecule has 0 aliphatic carbocycles. The molecule has 0 unspecified atom stereocenters. The summed E-state index contributed by atoms with van der Waals surface area (Å²) in [4.78, 5) is 37.9. The van der Waals surface area contributed by atoms with Crippen LogP contribution >= 0.6 is 11.3 Å². The van der Waals surface area contributed by atoms with E-state index in [1.807, 2.05) is 43.3 Å². The lowest BCUT2D eigenvalue weighted by molar-refractivity contribution is 0.0935. The van der Waals surface area contributed by atoms with Crippen molar-refractivity contribution in [1.82, 2.24) is 20.6 Å². The van der Waals surface area contributed by atoms with E-state index >= 15 is 0 Å². The second kappa shape index (κ2) is 9.21. The summed E-state index contributed by atoms with van der Waals surface area (Å²) in [6, 6.07) is 10.8. The third-order valence-electron chi connectivity index (χ3n) is 6.36. The number of amides is 3. The SMILES string of the molecule is Cc1cc(Oc2cccnc2)ccc1N1C(=O)Nc2c(C(=O)N[C@@H]3CCCNC3)sc3nccc1c23. The second-order valence-electron chi connectivity index (χ2n) is 8.84. The zero-order valence-corrected chi connectivity index (χ0v) is 20.4. The van der Waals surface area contributed by atoms with Crippen LogP contribution in [0.4, 0.5) is 21.9 Å². The van der Waals surface area contributed by atoms with Crippen molar-refractivity contribution in [3.8, 4) is 11.5 Å². The van der Waals surface area contributed by atoms with Crippen LogP contribution < -0.4 is 25.6 Å². The van der Waals surface area contributed by atoms with Crippen LogP contribution in [0.3, 0.4) is 0 Å². The smallest absolute Gasteiger partial charge is 0.331 e. The Hall–Kier alpha value is -4.02. The van der Waals surface area contributed by atoms with Gasteiger partial charge in [-0.05, 0) is 68.3 Å². The Morgan fingerprint density at radius 1 is 1.19 bits per heavy atom. The predicted molar refractivity (Wildman–Crippen MR) is 140 cm³/mol. The molecule has 0 radical (unpaired) electrons. The van der Waals surface area contributed by atoms with Crippen LogP contribution in [-0.2, 0) is 0 Å². The van der Waals surface area contributed by atoms with Crippen LogP contribution in [0.15, 0.2) is 55.0 Å². The number of aryl methyl sites for hydroxylation is 1. The van der Waals surface area contributed by atoms with Crippen molar-refractivity contribution in [3.63, 3.8) is 0 Å². The highest BCUT2D eigenvalue weighted by Crippen LogP contribution is 2.46. The summed E-state index contributed by atoms with van der Waals surface area (Å²) in [5.74, 6) is 1.09. The van der Waals surface area contributed by atoms with E-state index in [0.717, 1.165) is 42.6 Å². The third-order valence-corrected chi connectivity index (χ3v) is 7.46. The molecule has 1 atom stereocenters. The van der Waals surface area contributed by atoms with Gasteiger partial charge in [-0.1, -0.05) is 0 Å². The number of ether oxygens (including phenoxy) is 1. The van der Waals surface area contributed by atoms with Crippen LogP contribution in [-0.4, -0.2) is 41.0 Å². The number of rotatable bonds is 5. The quantitative estimate of drug-likeness (QED) is 0.358. The van der Waals surface area contributed by atoms with Gasteiger partial charge in [0.25, 0.3) is 5.91 Å². The largest absolute Gasteiger partial charge is 0.456 e. The molecule has 36 heavy (non-hydrogen) atoms. The number of benzene rings is 1. The van der Waals surface area contributed by atoms with Gasteiger partial charge in [-0.25, -0.2) is 9.78 Å². The number of piperidine rings is 1. The highest BCUT2D eigenvalue weighted by atomic mass is 32.1. The lowest BCUT2D eigenvalue weighted by Crippen LogP contribution is -2.45. The average molecular weight is 501 g/mol. The van der Waals surface area contributed by atoms with Gasteiger partial charge in [-0.2, -0.15) is 0 Å². The van der Waals surface area contributed by atoms with Gasteiger partial charge < -0.3 is 20.7 Å². The van der Waals surface area contributed by atoms with Crippen molar-refractivity contribution < 1.29 is 14.3 Å². The van der Waals surface area contributed by atoms with E-state index in [2.05, 4.69) is 25.9 Å². The molecule has 0 saturated carbocycles. The van der Waals surface area contributed by atoms with E-state index in [1.54, 1.807) is 23.5 Å². The van der Waals surface area contributed by atoms with E-state index in [9.17, 15) is 9.59 Å². The summed E-state index contributed by atoms with van der Waals surface area (Å²) in [6.45, 7) is 3.64. The fourth-order valence-electron chi connectivity index (χ4n) is 4.70. The Kier molecular flexibility index (Phi) is 5.74. The highest BCUT2D eigenvalue weighted by molar-refractivity contribution is 7.21. The maximum absolute atomic E-state index is 13.4. The molecule has 5 heterocycles. The number of pyridine rings is 2. The normalized spacial score (nSPS) is 17.1. The molecule has 1 saturated heterocycles. The van der Waals surface area contributed by atoms with Crippen LogP contribution in [0.2, 0.25) is 0 Å². The minimum atomic E-state index is -0.328. The minimum absolute atomic E-state index is 0.0712. The number of carbonyl (C=O) groups is 2. The van der Waals surface area contributed by atoms with E-state index in [-0.39, 0.29) is 18.0 Å². The molecule has 0 spiro atoms. The number of thiophene rings is 1. The lowest BCUT2D eigenvalue weighted by Gasteiger charge is -2.30. The second-order valence-corrected chi connectivity index (χ2v) is 9.84. The van der Waals surface area contributed by atoms with Crippen molar-refractivity contribution >= 4 is 50.6 Å². The first kappa shape index (κ1) is 22.4. The number of aromatic nitrogens is 2. The molecule has 9 nitrogen and oxygen atoms in total. The molecule has 6 rings (SSSR count). The molecule has 182 valence electrons. The van der Waals surface area contributed by atoms with E-state index in [0.29, 0.717) is 32.6 Å². The van der Waals surface area contributed by atoms with Gasteiger partial charge in [0.2, 0.25) is 0 Å². The Morgan fingerprint density at radius 3 is 2.89 bits per heavy atom. The van der Waals surface area contributed by atoms with Crippen molar-refractivity contribution in [1.29, 1.82) is 0 Å². The van der Waals surface area contributed by atoms with E-state index in [4.69, 9.17) is 4.74 Å². The zero-order chi connectivity index (χ0) is 24.6. The molecular weight excluding hydrogens is 476 g/mol. The average Bonchev–Trinajstić information content (AvgIpc) is 3.26. The van der Waals surface area contributed by atoms with Gasteiger partial charge in [0.15, 0.2) is 0 Å². The molecular formula is C26H24N6O3S. The summed E-state index contributed by atoms with van der Waals surface area (Å²) < 4.78 is 5.90. The molecule has 0 bridgehead atoms. The first-order valence-corrected chi connectivity index (χ1v) is 12.6. The highest BCUT2D eigenvalue weighted by Gasteiger charge is 2.33. The van der Waals surface area contributed by atoms with Gasteiger partial charge in [-0.3, -0.25) is 14.7 Å². The molecule has 1 fully saturated rings. The van der Waals surface area contributed by atoms with Crippen molar-refractivity contribution in [3.05, 3.63) is 65.4 Å². The monoisotopic (exact) mass is 500 g/mol. The first-order chi connectivity index (χ1) is 17.6. The molecule has 3 N–H and O–H groups in total. The van der Waals surface area contributed by atoms with Crippen LogP contribution in [0.1, 0.15) is 28.1 Å². The number of nitrogens with one attached hydrogen (secondary N) is 3. The van der Waals surface area contributed by atoms with E-state index in [1.165, 1.54) is 11.3 Å². The fourth-order valence-corrected chi connectivity index (χ4v) is 5.72. The van der Waals surface area contributed by atoms with Gasteiger partial charge in [0.1, 0.15) is 21.2 Å².